The van der Waals surface area contributed by atoms with Crippen LogP contribution in [-0.4, -0.2) is 0 Å². The summed E-state index contributed by atoms with van der Waals surface area (Å²) in [5.41, 5.74) is 4.90. The molecule has 16 heavy (non-hydrogen) atoms. The van der Waals surface area contributed by atoms with Crippen molar-refractivity contribution in [2.45, 2.75) is 13.3 Å². The smallest absolute Gasteiger partial charge is 0.201 e. The van der Waals surface area contributed by atoms with Crippen LogP contribution in [0.15, 0.2) is 42.5 Å². The molecule has 1 heterocycles. The van der Waals surface area contributed by atoms with Crippen molar-refractivity contribution in [3.8, 4) is 16.9 Å². The number of rotatable bonds is 1. The summed E-state index contributed by atoms with van der Waals surface area (Å²) in [6.07, 6.45) is 0.787. The molecule has 3 rings (SSSR count). The number of fused-ring (bicyclic) bond motifs is 1. The number of hydrogen-bond donors (Lipinski definition) is 0. The molecule has 0 saturated carbocycles. The molecule has 0 unspecified atom stereocenters. The van der Waals surface area contributed by atoms with E-state index in [4.69, 9.17) is 4.74 Å². The summed E-state index contributed by atoms with van der Waals surface area (Å²) >= 11 is 0. The summed E-state index contributed by atoms with van der Waals surface area (Å²) in [6.45, 7) is 5.04. The predicted molar refractivity (Wildman–Crippen MR) is 64.2 cm³/mol. The summed E-state index contributed by atoms with van der Waals surface area (Å²) in [5, 5.41) is 0. The van der Waals surface area contributed by atoms with Gasteiger partial charge < -0.3 is 4.74 Å². The number of hydrogen-bond acceptors (Lipinski definition) is 1. The minimum atomic E-state index is 0.787. The minimum Gasteiger partial charge on any atom is -0.477 e. The van der Waals surface area contributed by atoms with E-state index in [1.165, 1.54) is 22.3 Å². The average molecular weight is 208 g/mol. The lowest BCUT2D eigenvalue weighted by Crippen LogP contribution is -1.87. The lowest BCUT2D eigenvalue weighted by Gasteiger charge is -2.10. The van der Waals surface area contributed by atoms with Gasteiger partial charge in [0.2, 0.25) is 6.61 Å². The highest BCUT2D eigenvalue weighted by Crippen LogP contribution is 2.38. The second-order valence-corrected chi connectivity index (χ2v) is 4.03. The third-order valence-electron chi connectivity index (χ3n) is 2.97. The Morgan fingerprint density at radius 3 is 2.69 bits per heavy atom. The van der Waals surface area contributed by atoms with E-state index in [1.807, 2.05) is 0 Å². The topological polar surface area (TPSA) is 9.23 Å². The molecule has 78 valence electrons. The van der Waals surface area contributed by atoms with Gasteiger partial charge in [-0.3, -0.25) is 0 Å². The summed E-state index contributed by atoms with van der Waals surface area (Å²) < 4.78 is 5.49. The minimum absolute atomic E-state index is 0.787. The molecule has 0 aromatic heterocycles. The Kier molecular flexibility index (Phi) is 2.17. The van der Waals surface area contributed by atoms with Crippen LogP contribution in [0.1, 0.15) is 11.1 Å². The van der Waals surface area contributed by atoms with E-state index in [9.17, 15) is 0 Å². The van der Waals surface area contributed by atoms with Gasteiger partial charge >= 0.3 is 0 Å². The molecule has 0 spiro atoms. The van der Waals surface area contributed by atoms with Gasteiger partial charge in [0, 0.05) is 12.0 Å². The molecule has 1 aliphatic rings. The first kappa shape index (κ1) is 9.46. The van der Waals surface area contributed by atoms with Crippen LogP contribution in [-0.2, 0) is 6.42 Å². The van der Waals surface area contributed by atoms with Gasteiger partial charge in [-0.1, -0.05) is 42.5 Å². The molecule has 1 aliphatic heterocycles. The Balaban J connectivity index is 2.21. The maximum atomic E-state index is 5.49. The fourth-order valence-corrected chi connectivity index (χ4v) is 2.12. The van der Waals surface area contributed by atoms with Gasteiger partial charge in [-0.15, -0.1) is 0 Å². The van der Waals surface area contributed by atoms with E-state index in [-0.39, 0.29) is 0 Å². The molecule has 2 aromatic carbocycles. The van der Waals surface area contributed by atoms with Gasteiger partial charge in [0.05, 0.1) is 0 Å². The fourth-order valence-electron chi connectivity index (χ4n) is 2.12. The Hall–Kier alpha value is -1.76. The Labute approximate surface area is 95.7 Å². The highest BCUT2D eigenvalue weighted by Gasteiger charge is 2.18. The molecule has 0 aliphatic carbocycles. The molecule has 2 aromatic rings. The van der Waals surface area contributed by atoms with E-state index in [0.717, 1.165) is 12.2 Å². The molecule has 0 atom stereocenters. The highest BCUT2D eigenvalue weighted by molar-refractivity contribution is 5.75. The lowest BCUT2D eigenvalue weighted by molar-refractivity contribution is 0.436. The first-order valence-electron chi connectivity index (χ1n) is 5.44. The summed E-state index contributed by atoms with van der Waals surface area (Å²) in [4.78, 5) is 0. The number of aryl methyl sites for hydroxylation is 1. The quantitative estimate of drug-likeness (QED) is 0.695. The highest BCUT2D eigenvalue weighted by atomic mass is 16.5. The fraction of sp³-hybridized carbons (Fsp3) is 0.133. The zero-order valence-electron chi connectivity index (χ0n) is 9.16. The van der Waals surface area contributed by atoms with Crippen LogP contribution >= 0.6 is 0 Å². The maximum absolute atomic E-state index is 5.49. The zero-order chi connectivity index (χ0) is 11.0. The summed E-state index contributed by atoms with van der Waals surface area (Å²) in [5.74, 6) is 0.969. The molecule has 1 nitrogen and oxygen atoms in total. The molecule has 0 saturated heterocycles. The molecule has 0 fully saturated rings. The van der Waals surface area contributed by atoms with Crippen molar-refractivity contribution in [3.63, 3.8) is 0 Å². The third kappa shape index (κ3) is 1.40. The summed E-state index contributed by atoms with van der Waals surface area (Å²) in [6, 6.07) is 14.6. The van der Waals surface area contributed by atoms with Crippen molar-refractivity contribution < 1.29 is 4.74 Å². The van der Waals surface area contributed by atoms with Gasteiger partial charge in [0.1, 0.15) is 5.75 Å². The Bertz CT molecular complexity index is 529. The molecule has 0 bridgehead atoms. The Morgan fingerprint density at radius 1 is 1.00 bits per heavy atom. The average Bonchev–Trinajstić information content (AvgIpc) is 2.77. The van der Waals surface area contributed by atoms with E-state index in [0.29, 0.717) is 0 Å². The monoisotopic (exact) mass is 208 g/mol. The van der Waals surface area contributed by atoms with Crippen LogP contribution < -0.4 is 4.74 Å². The third-order valence-corrected chi connectivity index (χ3v) is 2.97. The second kappa shape index (κ2) is 3.67. The van der Waals surface area contributed by atoms with Crippen molar-refractivity contribution in [2.24, 2.45) is 0 Å². The van der Waals surface area contributed by atoms with Gasteiger partial charge in [-0.2, -0.15) is 0 Å². The van der Waals surface area contributed by atoms with E-state index >= 15 is 0 Å². The van der Waals surface area contributed by atoms with Crippen LogP contribution in [0.4, 0.5) is 0 Å². The van der Waals surface area contributed by atoms with Gasteiger partial charge in [0.25, 0.3) is 0 Å². The van der Waals surface area contributed by atoms with Crippen LogP contribution in [0.25, 0.3) is 11.1 Å². The van der Waals surface area contributed by atoms with Gasteiger partial charge in [-0.25, -0.2) is 0 Å². The van der Waals surface area contributed by atoms with Crippen molar-refractivity contribution in [3.05, 3.63) is 60.2 Å². The number of benzene rings is 2. The Morgan fingerprint density at radius 2 is 1.81 bits per heavy atom. The lowest BCUT2D eigenvalue weighted by atomic mass is 9.98. The van der Waals surface area contributed by atoms with Gasteiger partial charge in [-0.05, 0) is 23.6 Å². The number of ether oxygens (including phenoxy) is 1. The molecular formula is C15H12O. The normalized spacial score (nSPS) is 13.3. The zero-order valence-corrected chi connectivity index (χ0v) is 9.16. The number of para-hydroxylation sites is 1. The second-order valence-electron chi connectivity index (χ2n) is 4.03. The van der Waals surface area contributed by atoms with Crippen molar-refractivity contribution >= 4 is 0 Å². The van der Waals surface area contributed by atoms with Crippen LogP contribution in [0.3, 0.4) is 0 Å². The van der Waals surface area contributed by atoms with E-state index < -0.39 is 0 Å². The molecule has 0 amide bonds. The van der Waals surface area contributed by atoms with Crippen molar-refractivity contribution in [1.82, 2.24) is 0 Å². The first-order chi connectivity index (χ1) is 7.86. The molecule has 1 heteroatoms. The molecule has 0 N–H and O–H groups in total. The maximum Gasteiger partial charge on any atom is 0.201 e. The van der Waals surface area contributed by atoms with E-state index in [1.54, 1.807) is 0 Å². The summed E-state index contributed by atoms with van der Waals surface area (Å²) in [7, 11) is 0. The molecule has 2 radical (unpaired) electrons. The van der Waals surface area contributed by atoms with Crippen LogP contribution in [0.2, 0.25) is 0 Å². The van der Waals surface area contributed by atoms with Crippen molar-refractivity contribution in [1.29, 1.82) is 0 Å². The van der Waals surface area contributed by atoms with Crippen LogP contribution in [0.5, 0.6) is 5.75 Å². The van der Waals surface area contributed by atoms with Gasteiger partial charge in [0.15, 0.2) is 0 Å². The SMILES string of the molecule is Cc1ccccc1-c1cccc2c1O[C]C2. The van der Waals surface area contributed by atoms with Crippen molar-refractivity contribution in [2.75, 3.05) is 0 Å². The predicted octanol–water partition coefficient (Wildman–Crippen LogP) is 3.64. The van der Waals surface area contributed by atoms with E-state index in [2.05, 4.69) is 56.0 Å². The van der Waals surface area contributed by atoms with Crippen LogP contribution in [0, 0.1) is 13.5 Å². The first-order valence-corrected chi connectivity index (χ1v) is 5.44. The largest absolute Gasteiger partial charge is 0.477 e. The molecular weight excluding hydrogens is 196 g/mol. The standard InChI is InChI=1S/C15H12O/c1-11-5-2-3-7-13(11)14-8-4-6-12-9-10-16-15(12)14/h2-8H,9H2,1H3.